The van der Waals surface area contributed by atoms with E-state index in [-0.39, 0.29) is 6.03 Å². The van der Waals surface area contributed by atoms with Crippen LogP contribution >= 0.6 is 0 Å². The van der Waals surface area contributed by atoms with E-state index in [9.17, 15) is 4.79 Å². The number of aromatic nitrogens is 1. The lowest BCUT2D eigenvalue weighted by atomic mass is 10.3. The second-order valence-corrected chi connectivity index (χ2v) is 4.31. The number of ether oxygens (including phenoxy) is 2. The first-order valence-corrected chi connectivity index (χ1v) is 6.84. The third-order valence-electron chi connectivity index (χ3n) is 2.60. The number of urea groups is 1. The van der Waals surface area contributed by atoms with Crippen LogP contribution in [-0.4, -0.2) is 37.9 Å². The zero-order valence-electron chi connectivity index (χ0n) is 12.1. The van der Waals surface area contributed by atoms with Gasteiger partial charge in [-0.05, 0) is 12.0 Å². The van der Waals surface area contributed by atoms with Gasteiger partial charge in [0.1, 0.15) is 6.61 Å². The van der Waals surface area contributed by atoms with Gasteiger partial charge >= 0.3 is 6.03 Å². The number of methoxy groups -OCH3 is 1. The van der Waals surface area contributed by atoms with Crippen molar-refractivity contribution in [1.82, 2.24) is 15.6 Å². The van der Waals surface area contributed by atoms with Crippen molar-refractivity contribution in [3.8, 4) is 5.88 Å². The van der Waals surface area contributed by atoms with Gasteiger partial charge in [0.15, 0.2) is 0 Å². The Hall–Kier alpha value is -1.82. The van der Waals surface area contributed by atoms with Crippen LogP contribution in [0.3, 0.4) is 0 Å². The highest BCUT2D eigenvalue weighted by molar-refractivity contribution is 5.73. The molecule has 6 nitrogen and oxygen atoms in total. The molecule has 0 aliphatic rings. The van der Waals surface area contributed by atoms with Crippen LogP contribution in [0, 0.1) is 0 Å². The van der Waals surface area contributed by atoms with Crippen molar-refractivity contribution in [2.24, 2.45) is 0 Å². The van der Waals surface area contributed by atoms with E-state index in [1.54, 1.807) is 19.4 Å². The van der Waals surface area contributed by atoms with Crippen molar-refractivity contribution in [3.63, 3.8) is 0 Å². The largest absolute Gasteiger partial charge is 0.475 e. The molecule has 0 saturated carbocycles. The molecule has 0 bridgehead atoms. The van der Waals surface area contributed by atoms with E-state index in [4.69, 9.17) is 9.47 Å². The van der Waals surface area contributed by atoms with Gasteiger partial charge in [0.25, 0.3) is 0 Å². The van der Waals surface area contributed by atoms with Crippen molar-refractivity contribution < 1.29 is 14.3 Å². The topological polar surface area (TPSA) is 72.5 Å². The van der Waals surface area contributed by atoms with Crippen molar-refractivity contribution in [2.45, 2.75) is 26.3 Å². The Morgan fingerprint density at radius 1 is 1.30 bits per heavy atom. The van der Waals surface area contributed by atoms with E-state index < -0.39 is 0 Å². The van der Waals surface area contributed by atoms with E-state index >= 15 is 0 Å². The Balaban J connectivity index is 2.25. The number of nitrogens with zero attached hydrogens (tertiary/aromatic N) is 1. The summed E-state index contributed by atoms with van der Waals surface area (Å²) < 4.78 is 10.2. The molecule has 0 aliphatic heterocycles. The normalized spacial score (nSPS) is 10.1. The van der Waals surface area contributed by atoms with E-state index in [2.05, 4.69) is 22.5 Å². The van der Waals surface area contributed by atoms with Gasteiger partial charge in [0.05, 0.1) is 6.61 Å². The molecule has 0 fully saturated rings. The van der Waals surface area contributed by atoms with Crippen LogP contribution in [0.1, 0.15) is 25.3 Å². The van der Waals surface area contributed by atoms with Gasteiger partial charge in [-0.15, -0.1) is 0 Å². The smallest absolute Gasteiger partial charge is 0.315 e. The van der Waals surface area contributed by atoms with Crippen molar-refractivity contribution in [3.05, 3.63) is 23.9 Å². The number of carbonyl (C=O) groups excluding carboxylic acids is 1. The van der Waals surface area contributed by atoms with Crippen molar-refractivity contribution in [2.75, 3.05) is 26.9 Å². The minimum atomic E-state index is -0.154. The number of carbonyl (C=O) groups is 1. The summed E-state index contributed by atoms with van der Waals surface area (Å²) in [6.45, 7) is 4.24. The predicted molar refractivity (Wildman–Crippen MR) is 76.8 cm³/mol. The van der Waals surface area contributed by atoms with Crippen molar-refractivity contribution >= 4 is 6.03 Å². The van der Waals surface area contributed by atoms with Crippen LogP contribution < -0.4 is 15.4 Å². The minimum absolute atomic E-state index is 0.154. The van der Waals surface area contributed by atoms with Gasteiger partial charge in [0, 0.05) is 32.5 Å². The number of hydrogen-bond acceptors (Lipinski definition) is 4. The van der Waals surface area contributed by atoms with Crippen LogP contribution in [0.2, 0.25) is 0 Å². The molecular weight excluding hydrogens is 258 g/mol. The van der Waals surface area contributed by atoms with Crippen molar-refractivity contribution in [1.29, 1.82) is 0 Å². The van der Waals surface area contributed by atoms with Gasteiger partial charge in [-0.25, -0.2) is 9.78 Å². The predicted octanol–water partition coefficient (Wildman–Crippen LogP) is 1.71. The third kappa shape index (κ3) is 6.94. The zero-order valence-corrected chi connectivity index (χ0v) is 12.1. The first kappa shape index (κ1) is 16.2. The molecule has 6 heteroatoms. The fourth-order valence-electron chi connectivity index (χ4n) is 1.45. The number of nitrogens with one attached hydrogen (secondary N) is 2. The van der Waals surface area contributed by atoms with Crippen LogP contribution in [0.15, 0.2) is 18.3 Å². The molecule has 1 aromatic rings. The molecule has 0 aliphatic carbocycles. The summed E-state index contributed by atoms with van der Waals surface area (Å²) in [6.07, 6.45) is 3.74. The number of amides is 2. The molecule has 0 aromatic carbocycles. The Kier molecular flexibility index (Phi) is 8.14. The fraction of sp³-hybridized carbons (Fsp3) is 0.571. The van der Waals surface area contributed by atoms with Crippen LogP contribution in [0.4, 0.5) is 4.79 Å². The second-order valence-electron chi connectivity index (χ2n) is 4.31. The Morgan fingerprint density at radius 2 is 2.15 bits per heavy atom. The number of unbranched alkanes of at least 4 members (excludes halogenated alkanes) is 1. The molecular formula is C14H23N3O3. The lowest BCUT2D eigenvalue weighted by molar-refractivity contribution is 0.143. The SMILES string of the molecule is CCCCNC(=O)NCc1ccc(OCCOC)nc1. The van der Waals surface area contributed by atoms with E-state index in [1.165, 1.54) is 0 Å². The average Bonchev–Trinajstić information content (AvgIpc) is 2.47. The Labute approximate surface area is 119 Å². The molecule has 2 amide bonds. The molecule has 0 spiro atoms. The molecule has 0 saturated heterocycles. The maximum atomic E-state index is 11.5. The summed E-state index contributed by atoms with van der Waals surface area (Å²) >= 11 is 0. The van der Waals surface area contributed by atoms with Crippen LogP contribution in [-0.2, 0) is 11.3 Å². The number of rotatable bonds is 9. The quantitative estimate of drug-likeness (QED) is 0.676. The lowest BCUT2D eigenvalue weighted by Gasteiger charge is -2.08. The van der Waals surface area contributed by atoms with Gasteiger partial charge in [-0.3, -0.25) is 0 Å². The van der Waals surface area contributed by atoms with E-state index in [0.29, 0.717) is 32.2 Å². The molecule has 0 atom stereocenters. The summed E-state index contributed by atoms with van der Waals surface area (Å²) in [5.74, 6) is 0.554. The average molecular weight is 281 g/mol. The lowest BCUT2D eigenvalue weighted by Crippen LogP contribution is -2.35. The summed E-state index contributed by atoms with van der Waals surface area (Å²) in [5, 5.41) is 5.57. The number of pyridine rings is 1. The maximum Gasteiger partial charge on any atom is 0.315 e. The monoisotopic (exact) mass is 281 g/mol. The van der Waals surface area contributed by atoms with Gasteiger partial charge in [0.2, 0.25) is 5.88 Å². The summed E-state index contributed by atoms with van der Waals surface area (Å²) in [7, 11) is 1.62. The Bertz CT molecular complexity index is 382. The summed E-state index contributed by atoms with van der Waals surface area (Å²) in [5.41, 5.74) is 0.926. The summed E-state index contributed by atoms with van der Waals surface area (Å²) in [4.78, 5) is 15.6. The zero-order chi connectivity index (χ0) is 14.6. The second kappa shape index (κ2) is 10.0. The molecule has 0 unspecified atom stereocenters. The maximum absolute atomic E-state index is 11.5. The highest BCUT2D eigenvalue weighted by Gasteiger charge is 2.01. The molecule has 1 rings (SSSR count). The summed E-state index contributed by atoms with van der Waals surface area (Å²) in [6, 6.07) is 3.50. The molecule has 20 heavy (non-hydrogen) atoms. The van der Waals surface area contributed by atoms with Gasteiger partial charge in [-0.2, -0.15) is 0 Å². The van der Waals surface area contributed by atoms with E-state index in [1.807, 2.05) is 6.07 Å². The van der Waals surface area contributed by atoms with Gasteiger partial charge < -0.3 is 20.1 Å². The Morgan fingerprint density at radius 3 is 2.80 bits per heavy atom. The molecule has 112 valence electrons. The molecule has 0 radical (unpaired) electrons. The standard InChI is InChI=1S/C14H23N3O3/c1-3-4-7-15-14(18)17-11-12-5-6-13(16-10-12)20-9-8-19-2/h5-6,10H,3-4,7-9,11H2,1-2H3,(H2,15,17,18). The highest BCUT2D eigenvalue weighted by Crippen LogP contribution is 2.07. The van der Waals surface area contributed by atoms with Crippen LogP contribution in [0.25, 0.3) is 0 Å². The highest BCUT2D eigenvalue weighted by atomic mass is 16.5. The molecule has 1 heterocycles. The third-order valence-corrected chi connectivity index (χ3v) is 2.60. The van der Waals surface area contributed by atoms with Crippen LogP contribution in [0.5, 0.6) is 5.88 Å². The number of hydrogen-bond donors (Lipinski definition) is 2. The first-order valence-electron chi connectivity index (χ1n) is 6.84. The molecule has 1 aromatic heterocycles. The van der Waals surface area contributed by atoms with E-state index in [0.717, 1.165) is 18.4 Å². The fourth-order valence-corrected chi connectivity index (χ4v) is 1.45. The van der Waals surface area contributed by atoms with Gasteiger partial charge in [-0.1, -0.05) is 19.4 Å². The minimum Gasteiger partial charge on any atom is -0.475 e. The first-order chi connectivity index (χ1) is 9.76. The molecule has 2 N–H and O–H groups in total.